The van der Waals surface area contributed by atoms with Gasteiger partial charge in [0, 0.05) is 12.2 Å². The molecule has 1 rings (SSSR count). The summed E-state index contributed by atoms with van der Waals surface area (Å²) in [5, 5.41) is 3.10. The van der Waals surface area contributed by atoms with Crippen LogP contribution in [-0.4, -0.2) is 18.6 Å². The highest BCUT2D eigenvalue weighted by molar-refractivity contribution is 5.07. The van der Waals surface area contributed by atoms with E-state index in [2.05, 4.69) is 10.3 Å². The van der Waals surface area contributed by atoms with Crippen LogP contribution in [0, 0.1) is 0 Å². The highest BCUT2D eigenvalue weighted by Crippen LogP contribution is 2.11. The number of hydrogen-bond acceptors (Lipinski definition) is 3. The van der Waals surface area contributed by atoms with Gasteiger partial charge in [-0.3, -0.25) is 4.98 Å². The van der Waals surface area contributed by atoms with Crippen molar-refractivity contribution >= 4 is 0 Å². The Balaban J connectivity index is 2.35. The maximum atomic E-state index is 5.95. The van der Waals surface area contributed by atoms with E-state index in [0.717, 1.165) is 25.1 Å². The van der Waals surface area contributed by atoms with Crippen molar-refractivity contribution in [3.63, 3.8) is 0 Å². The molecular weight excluding hydrogens is 162 g/mol. The summed E-state index contributed by atoms with van der Waals surface area (Å²) in [6.07, 6.45) is 3.86. The molecule has 3 heteroatoms. The van der Waals surface area contributed by atoms with Crippen LogP contribution >= 0.6 is 0 Å². The predicted molar refractivity (Wildman–Crippen MR) is 54.3 cm³/mol. The summed E-state index contributed by atoms with van der Waals surface area (Å²) in [6, 6.07) is 5.93. The molecule has 72 valence electrons. The molecule has 3 nitrogen and oxygen atoms in total. The smallest absolute Gasteiger partial charge is 0.0570 e. The largest absolute Gasteiger partial charge is 0.323 e. The van der Waals surface area contributed by atoms with Gasteiger partial charge in [0.15, 0.2) is 0 Å². The van der Waals surface area contributed by atoms with Crippen molar-refractivity contribution in [1.82, 2.24) is 10.3 Å². The first-order valence-corrected chi connectivity index (χ1v) is 4.65. The third-order valence-corrected chi connectivity index (χ3v) is 2.01. The second-order valence-electron chi connectivity index (χ2n) is 3.11. The Kier molecular flexibility index (Phi) is 4.43. The zero-order valence-corrected chi connectivity index (χ0v) is 8.03. The molecule has 0 saturated carbocycles. The Morgan fingerprint density at radius 1 is 1.54 bits per heavy atom. The van der Waals surface area contributed by atoms with Gasteiger partial charge in [-0.1, -0.05) is 6.07 Å². The maximum Gasteiger partial charge on any atom is 0.0570 e. The number of aromatic nitrogens is 1. The molecule has 0 amide bonds. The Bertz CT molecular complexity index is 223. The van der Waals surface area contributed by atoms with Crippen molar-refractivity contribution in [2.24, 2.45) is 5.73 Å². The van der Waals surface area contributed by atoms with Crippen LogP contribution in [0.3, 0.4) is 0 Å². The molecule has 1 aromatic heterocycles. The molecule has 1 aromatic rings. The van der Waals surface area contributed by atoms with Crippen LogP contribution in [0.15, 0.2) is 24.4 Å². The summed E-state index contributed by atoms with van der Waals surface area (Å²) in [6.45, 7) is 1.01. The van der Waals surface area contributed by atoms with E-state index in [0.29, 0.717) is 0 Å². The van der Waals surface area contributed by atoms with Crippen LogP contribution < -0.4 is 11.1 Å². The van der Waals surface area contributed by atoms with E-state index in [1.807, 2.05) is 25.2 Å². The zero-order valence-electron chi connectivity index (χ0n) is 8.03. The van der Waals surface area contributed by atoms with Gasteiger partial charge in [0.25, 0.3) is 0 Å². The van der Waals surface area contributed by atoms with E-state index in [4.69, 9.17) is 5.73 Å². The van der Waals surface area contributed by atoms with E-state index in [1.165, 1.54) is 0 Å². The third kappa shape index (κ3) is 3.53. The highest BCUT2D eigenvalue weighted by atomic mass is 14.8. The fourth-order valence-corrected chi connectivity index (χ4v) is 1.24. The van der Waals surface area contributed by atoms with E-state index in [-0.39, 0.29) is 6.04 Å². The molecule has 0 aromatic carbocycles. The van der Waals surface area contributed by atoms with Gasteiger partial charge in [0.05, 0.1) is 5.69 Å². The van der Waals surface area contributed by atoms with Crippen molar-refractivity contribution < 1.29 is 0 Å². The van der Waals surface area contributed by atoms with E-state index in [1.54, 1.807) is 6.20 Å². The summed E-state index contributed by atoms with van der Waals surface area (Å²) in [4.78, 5) is 4.21. The van der Waals surface area contributed by atoms with Crippen molar-refractivity contribution in [3.05, 3.63) is 30.1 Å². The average Bonchev–Trinajstić information content (AvgIpc) is 2.19. The monoisotopic (exact) mass is 179 g/mol. The third-order valence-electron chi connectivity index (χ3n) is 2.01. The first-order valence-electron chi connectivity index (χ1n) is 4.65. The van der Waals surface area contributed by atoms with Crippen LogP contribution in [0.1, 0.15) is 24.6 Å². The van der Waals surface area contributed by atoms with Gasteiger partial charge in [-0.2, -0.15) is 0 Å². The van der Waals surface area contributed by atoms with Gasteiger partial charge < -0.3 is 11.1 Å². The average molecular weight is 179 g/mol. The minimum absolute atomic E-state index is 0.0783. The van der Waals surface area contributed by atoms with Gasteiger partial charge in [-0.25, -0.2) is 0 Å². The first-order chi connectivity index (χ1) is 6.34. The van der Waals surface area contributed by atoms with Gasteiger partial charge in [0.1, 0.15) is 0 Å². The summed E-state index contributed by atoms with van der Waals surface area (Å²) in [5.74, 6) is 0. The molecular formula is C10H17N3. The first kappa shape index (κ1) is 10.2. The molecule has 0 aliphatic heterocycles. The van der Waals surface area contributed by atoms with Crippen LogP contribution in [-0.2, 0) is 0 Å². The number of pyridine rings is 1. The fourth-order valence-electron chi connectivity index (χ4n) is 1.24. The Morgan fingerprint density at radius 2 is 2.38 bits per heavy atom. The van der Waals surface area contributed by atoms with E-state index in [9.17, 15) is 0 Å². The molecule has 13 heavy (non-hydrogen) atoms. The van der Waals surface area contributed by atoms with Gasteiger partial charge in [0.2, 0.25) is 0 Å². The SMILES string of the molecule is CNCCCC(N)c1ccccn1. The minimum Gasteiger partial charge on any atom is -0.323 e. The number of nitrogens with two attached hydrogens (primary N) is 1. The molecule has 0 saturated heterocycles. The predicted octanol–water partition coefficient (Wildman–Crippen LogP) is 1.08. The molecule has 0 fully saturated rings. The van der Waals surface area contributed by atoms with Crippen molar-refractivity contribution in [1.29, 1.82) is 0 Å². The molecule has 1 unspecified atom stereocenters. The highest BCUT2D eigenvalue weighted by Gasteiger charge is 2.04. The molecule has 1 heterocycles. The zero-order chi connectivity index (χ0) is 9.52. The lowest BCUT2D eigenvalue weighted by Gasteiger charge is -2.09. The van der Waals surface area contributed by atoms with Crippen LogP contribution in [0.5, 0.6) is 0 Å². The minimum atomic E-state index is 0.0783. The second-order valence-corrected chi connectivity index (χ2v) is 3.11. The van der Waals surface area contributed by atoms with Crippen molar-refractivity contribution in [2.45, 2.75) is 18.9 Å². The number of nitrogens with one attached hydrogen (secondary N) is 1. The quantitative estimate of drug-likeness (QED) is 0.665. The molecule has 1 atom stereocenters. The Hall–Kier alpha value is -0.930. The summed E-state index contributed by atoms with van der Waals surface area (Å²) in [7, 11) is 1.95. The molecule has 0 bridgehead atoms. The van der Waals surface area contributed by atoms with Crippen LogP contribution in [0.2, 0.25) is 0 Å². The van der Waals surface area contributed by atoms with Gasteiger partial charge >= 0.3 is 0 Å². The lowest BCUT2D eigenvalue weighted by atomic mass is 10.1. The van der Waals surface area contributed by atoms with Crippen molar-refractivity contribution in [3.8, 4) is 0 Å². The Morgan fingerprint density at radius 3 is 3.00 bits per heavy atom. The van der Waals surface area contributed by atoms with Crippen molar-refractivity contribution in [2.75, 3.05) is 13.6 Å². The van der Waals surface area contributed by atoms with Gasteiger partial charge in [-0.15, -0.1) is 0 Å². The molecule has 0 aliphatic carbocycles. The Labute approximate surface area is 79.4 Å². The van der Waals surface area contributed by atoms with E-state index < -0.39 is 0 Å². The topological polar surface area (TPSA) is 50.9 Å². The second kappa shape index (κ2) is 5.67. The standard InChI is InChI=1S/C10H17N3/c1-12-7-4-5-9(11)10-6-2-3-8-13-10/h2-3,6,8-9,12H,4-5,7,11H2,1H3. The summed E-state index contributed by atoms with van der Waals surface area (Å²) < 4.78 is 0. The number of rotatable bonds is 5. The lowest BCUT2D eigenvalue weighted by Crippen LogP contribution is -2.15. The summed E-state index contributed by atoms with van der Waals surface area (Å²) in [5.41, 5.74) is 6.93. The molecule has 0 radical (unpaired) electrons. The molecule has 3 N–H and O–H groups in total. The maximum absolute atomic E-state index is 5.95. The fraction of sp³-hybridized carbons (Fsp3) is 0.500. The van der Waals surface area contributed by atoms with Crippen LogP contribution in [0.25, 0.3) is 0 Å². The van der Waals surface area contributed by atoms with Gasteiger partial charge in [-0.05, 0) is 38.6 Å². The number of hydrogen-bond donors (Lipinski definition) is 2. The normalized spacial score (nSPS) is 12.8. The molecule has 0 spiro atoms. The van der Waals surface area contributed by atoms with E-state index >= 15 is 0 Å². The summed E-state index contributed by atoms with van der Waals surface area (Å²) >= 11 is 0. The van der Waals surface area contributed by atoms with Crippen LogP contribution in [0.4, 0.5) is 0 Å². The number of nitrogens with zero attached hydrogens (tertiary/aromatic N) is 1. The lowest BCUT2D eigenvalue weighted by molar-refractivity contribution is 0.580. The molecule has 0 aliphatic rings.